The van der Waals surface area contributed by atoms with E-state index in [0.717, 1.165) is 11.1 Å². The number of hydrogen-bond donors (Lipinski definition) is 2. The van der Waals surface area contributed by atoms with Gasteiger partial charge in [0.05, 0.1) is 11.9 Å². The van der Waals surface area contributed by atoms with E-state index in [-0.39, 0.29) is 22.9 Å². The number of nitrogens with zero attached hydrogens (tertiary/aromatic N) is 4. The van der Waals surface area contributed by atoms with Crippen molar-refractivity contribution in [3.63, 3.8) is 0 Å². The van der Waals surface area contributed by atoms with Gasteiger partial charge in [-0.2, -0.15) is 23.1 Å². The normalized spacial score (nSPS) is 11.5. The topological polar surface area (TPSA) is 75.6 Å². The van der Waals surface area contributed by atoms with E-state index < -0.39 is 18.5 Å². The van der Waals surface area contributed by atoms with Crippen LogP contribution in [-0.2, 0) is 6.54 Å². The Kier molecular flexibility index (Phi) is 5.85. The minimum absolute atomic E-state index is 0.0810. The Balaban J connectivity index is 1.70. The van der Waals surface area contributed by atoms with Gasteiger partial charge in [-0.25, -0.2) is 14.4 Å². The molecule has 2 N–H and O–H groups in total. The number of halogens is 4. The van der Waals surface area contributed by atoms with E-state index in [1.165, 1.54) is 30.5 Å². The second-order valence-electron chi connectivity index (χ2n) is 7.08. The molecule has 0 fully saturated rings. The molecular formula is C22H18F4N6. The first-order chi connectivity index (χ1) is 15.3. The maximum Gasteiger partial charge on any atom is 0.405 e. The second kappa shape index (κ2) is 8.74. The minimum atomic E-state index is -4.45. The van der Waals surface area contributed by atoms with Crippen LogP contribution in [0.2, 0.25) is 0 Å². The van der Waals surface area contributed by atoms with Gasteiger partial charge >= 0.3 is 6.18 Å². The second-order valence-corrected chi connectivity index (χ2v) is 7.08. The summed E-state index contributed by atoms with van der Waals surface area (Å²) < 4.78 is 51.8. The Morgan fingerprint density at radius 3 is 2.38 bits per heavy atom. The summed E-state index contributed by atoms with van der Waals surface area (Å²) in [6.07, 6.45) is -3.02. The molecule has 2 aromatic heterocycles. The maximum absolute atomic E-state index is 13.2. The molecule has 0 atom stereocenters. The minimum Gasteiger partial charge on any atom is -0.359 e. The molecule has 2 aromatic carbocycles. The van der Waals surface area contributed by atoms with E-state index in [0.29, 0.717) is 17.8 Å². The van der Waals surface area contributed by atoms with Crippen LogP contribution >= 0.6 is 0 Å². The lowest BCUT2D eigenvalue weighted by atomic mass is 10.1. The molecule has 6 nitrogen and oxygen atoms in total. The standard InChI is InChI=1S/C22H18F4N6/c1-13-4-2-3-5-15(13)10-28-21-31-19-18(20(32-21)29-12-22(24,25)26)30-17(11-27-19)14-6-8-16(23)9-7-14/h2-9,11H,10,12H2,1H3,(H2,27,28,29,31,32). The van der Waals surface area contributed by atoms with E-state index in [1.807, 2.05) is 31.2 Å². The molecule has 4 rings (SSSR count). The van der Waals surface area contributed by atoms with Crippen molar-refractivity contribution in [2.24, 2.45) is 0 Å². The van der Waals surface area contributed by atoms with Gasteiger partial charge in [0, 0.05) is 12.1 Å². The fourth-order valence-corrected chi connectivity index (χ4v) is 3.04. The molecule has 164 valence electrons. The quantitative estimate of drug-likeness (QED) is 0.404. The van der Waals surface area contributed by atoms with Crippen LogP contribution in [0.3, 0.4) is 0 Å². The van der Waals surface area contributed by atoms with Crippen LogP contribution in [-0.4, -0.2) is 32.7 Å². The van der Waals surface area contributed by atoms with E-state index >= 15 is 0 Å². The number of aryl methyl sites for hydroxylation is 1. The van der Waals surface area contributed by atoms with Crippen LogP contribution in [0.4, 0.5) is 29.3 Å². The van der Waals surface area contributed by atoms with Crippen molar-refractivity contribution < 1.29 is 17.6 Å². The zero-order valence-corrected chi connectivity index (χ0v) is 16.9. The molecule has 10 heteroatoms. The molecular weight excluding hydrogens is 424 g/mol. The Morgan fingerprint density at radius 1 is 0.906 bits per heavy atom. The van der Waals surface area contributed by atoms with Crippen LogP contribution in [0, 0.1) is 12.7 Å². The number of nitrogens with one attached hydrogen (secondary N) is 2. The van der Waals surface area contributed by atoms with Crippen molar-refractivity contribution in [2.45, 2.75) is 19.6 Å². The molecule has 0 bridgehead atoms. The number of rotatable bonds is 6. The van der Waals surface area contributed by atoms with Crippen molar-refractivity contribution >= 4 is 22.9 Å². The van der Waals surface area contributed by atoms with Gasteiger partial charge in [-0.1, -0.05) is 24.3 Å². The molecule has 0 amide bonds. The maximum atomic E-state index is 13.2. The Bertz CT molecular complexity index is 1240. The average Bonchev–Trinajstić information content (AvgIpc) is 2.76. The SMILES string of the molecule is Cc1ccccc1CNc1nc(NCC(F)(F)F)c2nc(-c3ccc(F)cc3)cnc2n1. The molecule has 0 spiro atoms. The van der Waals surface area contributed by atoms with Crippen molar-refractivity contribution in [3.05, 3.63) is 71.7 Å². The Morgan fingerprint density at radius 2 is 1.66 bits per heavy atom. The van der Waals surface area contributed by atoms with Gasteiger partial charge < -0.3 is 10.6 Å². The van der Waals surface area contributed by atoms with E-state index in [9.17, 15) is 17.6 Å². The molecule has 0 unspecified atom stereocenters. The lowest BCUT2D eigenvalue weighted by Gasteiger charge is -2.13. The van der Waals surface area contributed by atoms with Gasteiger partial charge in [0.25, 0.3) is 0 Å². The zero-order chi connectivity index (χ0) is 22.7. The summed E-state index contributed by atoms with van der Waals surface area (Å²) in [5, 5.41) is 5.32. The molecule has 2 heterocycles. The Hall–Kier alpha value is -3.82. The van der Waals surface area contributed by atoms with E-state index in [4.69, 9.17) is 0 Å². The summed E-state index contributed by atoms with van der Waals surface area (Å²) in [6.45, 7) is 1.05. The largest absolute Gasteiger partial charge is 0.405 e. The number of aromatic nitrogens is 4. The fourth-order valence-electron chi connectivity index (χ4n) is 3.04. The fraction of sp³-hybridized carbons (Fsp3) is 0.182. The summed E-state index contributed by atoms with van der Waals surface area (Å²) in [5.74, 6) is -0.395. The number of anilines is 2. The highest BCUT2D eigenvalue weighted by atomic mass is 19.4. The van der Waals surface area contributed by atoms with Gasteiger partial charge in [0.15, 0.2) is 17.0 Å². The summed E-state index contributed by atoms with van der Waals surface area (Å²) in [4.78, 5) is 17.1. The van der Waals surface area contributed by atoms with Gasteiger partial charge in [-0.05, 0) is 42.3 Å². The lowest BCUT2D eigenvalue weighted by Crippen LogP contribution is -2.22. The van der Waals surface area contributed by atoms with Crippen LogP contribution in [0.5, 0.6) is 0 Å². The molecule has 0 aliphatic rings. The van der Waals surface area contributed by atoms with E-state index in [2.05, 4.69) is 30.6 Å². The van der Waals surface area contributed by atoms with Crippen LogP contribution < -0.4 is 10.6 Å². The van der Waals surface area contributed by atoms with Gasteiger partial charge in [0.2, 0.25) is 5.95 Å². The van der Waals surface area contributed by atoms with Crippen molar-refractivity contribution in [1.82, 2.24) is 19.9 Å². The number of fused-ring (bicyclic) bond motifs is 1. The summed E-state index contributed by atoms with van der Waals surface area (Å²) in [6, 6.07) is 13.2. The third-order valence-corrected chi connectivity index (χ3v) is 4.70. The van der Waals surface area contributed by atoms with Crippen LogP contribution in [0.1, 0.15) is 11.1 Å². The third-order valence-electron chi connectivity index (χ3n) is 4.70. The molecule has 4 aromatic rings. The van der Waals surface area contributed by atoms with E-state index in [1.54, 1.807) is 0 Å². The van der Waals surface area contributed by atoms with Gasteiger partial charge in [-0.3, -0.25) is 0 Å². The highest BCUT2D eigenvalue weighted by molar-refractivity contribution is 5.85. The van der Waals surface area contributed by atoms with Crippen molar-refractivity contribution in [3.8, 4) is 11.3 Å². The predicted molar refractivity (Wildman–Crippen MR) is 114 cm³/mol. The summed E-state index contributed by atoms with van der Waals surface area (Å²) in [5.41, 5.74) is 3.18. The molecule has 0 saturated heterocycles. The number of benzene rings is 2. The third kappa shape index (κ3) is 5.08. The van der Waals surface area contributed by atoms with Crippen molar-refractivity contribution in [2.75, 3.05) is 17.2 Å². The lowest BCUT2D eigenvalue weighted by molar-refractivity contribution is -0.115. The highest BCUT2D eigenvalue weighted by Crippen LogP contribution is 2.25. The van der Waals surface area contributed by atoms with Crippen LogP contribution in [0.25, 0.3) is 22.4 Å². The smallest absolute Gasteiger partial charge is 0.359 e. The van der Waals surface area contributed by atoms with Crippen molar-refractivity contribution in [1.29, 1.82) is 0 Å². The first-order valence-corrected chi connectivity index (χ1v) is 9.68. The Labute approximate surface area is 180 Å². The molecule has 32 heavy (non-hydrogen) atoms. The predicted octanol–water partition coefficient (Wildman–Crippen LogP) is 5.12. The van der Waals surface area contributed by atoms with Gasteiger partial charge in [-0.15, -0.1) is 0 Å². The molecule has 0 aliphatic carbocycles. The average molecular weight is 442 g/mol. The monoisotopic (exact) mass is 442 g/mol. The first-order valence-electron chi connectivity index (χ1n) is 9.68. The summed E-state index contributed by atoms with van der Waals surface area (Å²) in [7, 11) is 0. The molecule has 0 radical (unpaired) electrons. The highest BCUT2D eigenvalue weighted by Gasteiger charge is 2.27. The zero-order valence-electron chi connectivity index (χ0n) is 16.9. The summed E-state index contributed by atoms with van der Waals surface area (Å²) >= 11 is 0. The molecule has 0 saturated carbocycles. The molecule has 0 aliphatic heterocycles. The number of hydrogen-bond acceptors (Lipinski definition) is 6. The van der Waals surface area contributed by atoms with Gasteiger partial charge in [0.1, 0.15) is 12.4 Å². The number of alkyl halides is 3. The van der Waals surface area contributed by atoms with Crippen LogP contribution in [0.15, 0.2) is 54.7 Å². The first kappa shape index (κ1) is 21.4.